The molecule has 1 amide bonds. The van der Waals surface area contributed by atoms with E-state index in [4.69, 9.17) is 10.5 Å². The predicted octanol–water partition coefficient (Wildman–Crippen LogP) is 3.41. The van der Waals surface area contributed by atoms with Crippen molar-refractivity contribution in [2.24, 2.45) is 0 Å². The number of pyridine rings is 1. The number of anilines is 2. The molecule has 0 unspecified atom stereocenters. The molecule has 0 aliphatic heterocycles. The van der Waals surface area contributed by atoms with E-state index in [0.29, 0.717) is 30.0 Å². The van der Waals surface area contributed by atoms with Crippen molar-refractivity contribution in [3.05, 3.63) is 47.7 Å². The number of benzene rings is 1. The molecule has 0 radical (unpaired) electrons. The molecule has 24 heavy (non-hydrogen) atoms. The minimum Gasteiger partial charge on any atom is -0.493 e. The van der Waals surface area contributed by atoms with Gasteiger partial charge in [-0.1, -0.05) is 18.9 Å². The molecule has 0 spiro atoms. The van der Waals surface area contributed by atoms with Gasteiger partial charge < -0.3 is 15.8 Å². The topological polar surface area (TPSA) is 77.2 Å². The summed E-state index contributed by atoms with van der Waals surface area (Å²) in [6.07, 6.45) is 1.52. The normalized spacial score (nSPS) is 9.75. The van der Waals surface area contributed by atoms with E-state index in [1.807, 2.05) is 26.0 Å². The van der Waals surface area contributed by atoms with Crippen LogP contribution in [0.5, 0.6) is 5.75 Å². The van der Waals surface area contributed by atoms with Crippen LogP contribution in [0.4, 0.5) is 11.5 Å². The lowest BCUT2D eigenvalue weighted by Crippen LogP contribution is -2.15. The van der Waals surface area contributed by atoms with Crippen molar-refractivity contribution in [2.75, 3.05) is 17.7 Å². The summed E-state index contributed by atoms with van der Waals surface area (Å²) in [6.45, 7) is 4.35. The van der Waals surface area contributed by atoms with Crippen LogP contribution in [0.2, 0.25) is 0 Å². The van der Waals surface area contributed by atoms with Crippen molar-refractivity contribution in [2.45, 2.75) is 26.7 Å². The van der Waals surface area contributed by atoms with Crippen molar-refractivity contribution in [3.63, 3.8) is 0 Å². The first-order valence-electron chi connectivity index (χ1n) is 7.83. The third-order valence-corrected chi connectivity index (χ3v) is 3.20. The van der Waals surface area contributed by atoms with Gasteiger partial charge in [-0.2, -0.15) is 0 Å². The molecule has 0 saturated heterocycles. The molecule has 1 aromatic heterocycles. The van der Waals surface area contributed by atoms with Gasteiger partial charge in [-0.25, -0.2) is 4.98 Å². The predicted molar refractivity (Wildman–Crippen MR) is 96.0 cm³/mol. The molecule has 1 heterocycles. The summed E-state index contributed by atoms with van der Waals surface area (Å²) in [7, 11) is 0. The zero-order valence-corrected chi connectivity index (χ0v) is 13.9. The Kier molecular flexibility index (Phi) is 6.21. The van der Waals surface area contributed by atoms with Gasteiger partial charge in [0.05, 0.1) is 12.2 Å². The zero-order chi connectivity index (χ0) is 17.4. The molecule has 2 rings (SSSR count). The van der Waals surface area contributed by atoms with E-state index in [1.165, 1.54) is 0 Å². The lowest BCUT2D eigenvalue weighted by molar-refractivity contribution is 0.102. The van der Waals surface area contributed by atoms with Gasteiger partial charge in [0.15, 0.2) is 0 Å². The molecule has 0 bridgehead atoms. The monoisotopic (exact) mass is 323 g/mol. The first kappa shape index (κ1) is 17.4. The third kappa shape index (κ3) is 5.03. The average molecular weight is 323 g/mol. The molecule has 5 nitrogen and oxygen atoms in total. The van der Waals surface area contributed by atoms with E-state index >= 15 is 0 Å². The lowest BCUT2D eigenvalue weighted by Gasteiger charge is -2.09. The number of nitrogens with zero attached hydrogens (tertiary/aromatic N) is 1. The number of aromatic nitrogens is 1. The first-order valence-corrected chi connectivity index (χ1v) is 7.83. The number of nitrogens with one attached hydrogen (secondary N) is 1. The molecule has 0 aliphatic rings. The van der Waals surface area contributed by atoms with Crippen LogP contribution < -0.4 is 15.8 Å². The summed E-state index contributed by atoms with van der Waals surface area (Å²) in [4.78, 5) is 16.4. The van der Waals surface area contributed by atoms with E-state index in [9.17, 15) is 4.79 Å². The van der Waals surface area contributed by atoms with Gasteiger partial charge in [-0.3, -0.25) is 4.79 Å². The van der Waals surface area contributed by atoms with Crippen molar-refractivity contribution < 1.29 is 9.53 Å². The molecule has 5 heteroatoms. The highest BCUT2D eigenvalue weighted by Crippen LogP contribution is 2.19. The Bertz CT molecular complexity index is 776. The second-order valence-corrected chi connectivity index (χ2v) is 5.17. The molecule has 124 valence electrons. The van der Waals surface area contributed by atoms with Gasteiger partial charge in [0, 0.05) is 30.3 Å². The number of carbonyl (C=O) groups is 1. The van der Waals surface area contributed by atoms with Crippen molar-refractivity contribution >= 4 is 17.4 Å². The molecule has 0 atom stereocenters. The Balaban J connectivity index is 1.99. The summed E-state index contributed by atoms with van der Waals surface area (Å²) < 4.78 is 5.63. The van der Waals surface area contributed by atoms with Crippen LogP contribution in [-0.2, 0) is 0 Å². The summed E-state index contributed by atoms with van der Waals surface area (Å²) >= 11 is 0. The Morgan fingerprint density at radius 3 is 2.88 bits per heavy atom. The standard InChI is InChI=1S/C19H21N3O2/c1-3-4-5-6-12-24-16-9-7-8-15(13-16)22-19(23)17-11-10-14(2)21-18(17)20/h7-11,13H,3,6,12H2,1-2H3,(H2,20,21)(H,22,23). The quantitative estimate of drug-likeness (QED) is 0.653. The number of rotatable bonds is 5. The van der Waals surface area contributed by atoms with E-state index < -0.39 is 0 Å². The Morgan fingerprint density at radius 1 is 1.29 bits per heavy atom. The highest BCUT2D eigenvalue weighted by Gasteiger charge is 2.11. The van der Waals surface area contributed by atoms with Gasteiger partial charge in [0.25, 0.3) is 5.91 Å². The first-order chi connectivity index (χ1) is 11.6. The Morgan fingerprint density at radius 2 is 2.12 bits per heavy atom. The smallest absolute Gasteiger partial charge is 0.259 e. The Labute approximate surface area is 142 Å². The van der Waals surface area contributed by atoms with E-state index in [0.717, 1.165) is 12.1 Å². The molecular formula is C19H21N3O2. The van der Waals surface area contributed by atoms with Gasteiger partial charge in [-0.05, 0) is 31.2 Å². The number of hydrogen-bond acceptors (Lipinski definition) is 4. The minimum absolute atomic E-state index is 0.217. The van der Waals surface area contributed by atoms with Crippen molar-refractivity contribution in [3.8, 4) is 17.6 Å². The van der Waals surface area contributed by atoms with Gasteiger partial charge in [-0.15, -0.1) is 5.92 Å². The van der Waals surface area contributed by atoms with Crippen LogP contribution in [0.15, 0.2) is 36.4 Å². The molecule has 0 aliphatic carbocycles. The fourth-order valence-electron chi connectivity index (χ4n) is 2.06. The van der Waals surface area contributed by atoms with Crippen LogP contribution >= 0.6 is 0 Å². The fraction of sp³-hybridized carbons (Fsp3) is 0.263. The van der Waals surface area contributed by atoms with Crippen LogP contribution in [0.1, 0.15) is 35.8 Å². The molecule has 0 fully saturated rings. The number of hydrogen-bond donors (Lipinski definition) is 2. The van der Waals surface area contributed by atoms with E-state index in [1.54, 1.807) is 24.3 Å². The zero-order valence-electron chi connectivity index (χ0n) is 13.9. The second kappa shape index (κ2) is 8.59. The fourth-order valence-corrected chi connectivity index (χ4v) is 2.06. The molecule has 1 aromatic carbocycles. The van der Waals surface area contributed by atoms with Crippen molar-refractivity contribution in [1.29, 1.82) is 0 Å². The van der Waals surface area contributed by atoms with Gasteiger partial charge in [0.1, 0.15) is 11.6 Å². The van der Waals surface area contributed by atoms with E-state index in [-0.39, 0.29) is 11.7 Å². The highest BCUT2D eigenvalue weighted by molar-refractivity contribution is 6.07. The van der Waals surface area contributed by atoms with Crippen LogP contribution in [0.3, 0.4) is 0 Å². The molecule has 2 aromatic rings. The largest absolute Gasteiger partial charge is 0.493 e. The van der Waals surface area contributed by atoms with Crippen LogP contribution in [0, 0.1) is 18.8 Å². The maximum absolute atomic E-state index is 12.3. The SMILES string of the molecule is CCC#CCCOc1cccc(NC(=O)c2ccc(C)nc2N)c1. The van der Waals surface area contributed by atoms with Gasteiger partial charge in [0.2, 0.25) is 0 Å². The number of carbonyl (C=O) groups excluding carboxylic acids is 1. The number of nitrogens with two attached hydrogens (primary N) is 1. The second-order valence-electron chi connectivity index (χ2n) is 5.17. The summed E-state index contributed by atoms with van der Waals surface area (Å²) in [5.41, 5.74) is 7.56. The molecule has 3 N–H and O–H groups in total. The van der Waals surface area contributed by atoms with Crippen LogP contribution in [-0.4, -0.2) is 17.5 Å². The maximum atomic E-state index is 12.3. The van der Waals surface area contributed by atoms with E-state index in [2.05, 4.69) is 22.1 Å². The minimum atomic E-state index is -0.300. The van der Waals surface area contributed by atoms with Crippen LogP contribution in [0.25, 0.3) is 0 Å². The third-order valence-electron chi connectivity index (χ3n) is 3.20. The number of aryl methyl sites for hydroxylation is 1. The Hall–Kier alpha value is -3.00. The molecular weight excluding hydrogens is 302 g/mol. The molecule has 0 saturated carbocycles. The highest BCUT2D eigenvalue weighted by atomic mass is 16.5. The average Bonchev–Trinajstić information content (AvgIpc) is 2.55. The lowest BCUT2D eigenvalue weighted by atomic mass is 10.2. The number of amides is 1. The summed E-state index contributed by atoms with van der Waals surface area (Å²) in [5, 5.41) is 2.80. The van der Waals surface area contributed by atoms with Gasteiger partial charge >= 0.3 is 0 Å². The summed E-state index contributed by atoms with van der Waals surface area (Å²) in [6, 6.07) is 10.6. The summed E-state index contributed by atoms with van der Waals surface area (Å²) in [5.74, 6) is 6.61. The van der Waals surface area contributed by atoms with Crippen molar-refractivity contribution in [1.82, 2.24) is 4.98 Å². The maximum Gasteiger partial charge on any atom is 0.259 e. The number of nitrogen functional groups attached to an aromatic ring is 1. The number of ether oxygens (including phenoxy) is 1.